The van der Waals surface area contributed by atoms with Crippen LogP contribution < -0.4 is 5.32 Å². The second-order valence-corrected chi connectivity index (χ2v) is 5.56. The van der Waals surface area contributed by atoms with E-state index in [-0.39, 0.29) is 0 Å². The van der Waals surface area contributed by atoms with E-state index in [1.54, 1.807) is 0 Å². The molecule has 0 aliphatic rings. The van der Waals surface area contributed by atoms with Gasteiger partial charge in [-0.15, -0.1) is 0 Å². The number of rotatable bonds is 3. The fourth-order valence-electron chi connectivity index (χ4n) is 2.12. The van der Waals surface area contributed by atoms with Crippen molar-refractivity contribution in [2.75, 3.05) is 5.32 Å². The SMILES string of the molecule is Cc1ccc(C)c(C(C)Nc2ccccc2Br)c1. The largest absolute Gasteiger partial charge is 0.378 e. The number of para-hydroxylation sites is 1. The van der Waals surface area contributed by atoms with Crippen molar-refractivity contribution < 1.29 is 0 Å². The third-order valence-corrected chi connectivity index (χ3v) is 3.84. The molecular weight excluding hydrogens is 286 g/mol. The molecule has 0 aliphatic carbocycles. The van der Waals surface area contributed by atoms with Crippen molar-refractivity contribution in [2.45, 2.75) is 26.8 Å². The average Bonchev–Trinajstić information content (AvgIpc) is 2.35. The van der Waals surface area contributed by atoms with Crippen LogP contribution in [0.1, 0.15) is 29.7 Å². The van der Waals surface area contributed by atoms with E-state index in [4.69, 9.17) is 0 Å². The maximum atomic E-state index is 3.57. The van der Waals surface area contributed by atoms with Gasteiger partial charge in [0.05, 0.1) is 0 Å². The summed E-state index contributed by atoms with van der Waals surface area (Å²) >= 11 is 3.57. The molecule has 18 heavy (non-hydrogen) atoms. The maximum absolute atomic E-state index is 3.57. The number of benzene rings is 2. The topological polar surface area (TPSA) is 12.0 Å². The summed E-state index contributed by atoms with van der Waals surface area (Å²) in [6, 6.07) is 15.1. The summed E-state index contributed by atoms with van der Waals surface area (Å²) in [5.41, 5.74) is 5.11. The summed E-state index contributed by atoms with van der Waals surface area (Å²) < 4.78 is 1.10. The van der Waals surface area contributed by atoms with Gasteiger partial charge in [-0.1, -0.05) is 35.9 Å². The normalized spacial score (nSPS) is 12.2. The van der Waals surface area contributed by atoms with Crippen LogP contribution >= 0.6 is 15.9 Å². The van der Waals surface area contributed by atoms with Crippen molar-refractivity contribution in [2.24, 2.45) is 0 Å². The lowest BCUT2D eigenvalue weighted by atomic mass is 10.00. The van der Waals surface area contributed by atoms with Crippen molar-refractivity contribution in [1.82, 2.24) is 0 Å². The predicted octanol–water partition coefficient (Wildman–Crippen LogP) is 5.24. The summed E-state index contributed by atoms with van der Waals surface area (Å²) in [4.78, 5) is 0. The molecule has 0 saturated heterocycles. The van der Waals surface area contributed by atoms with E-state index in [9.17, 15) is 0 Å². The summed E-state index contributed by atoms with van der Waals surface area (Å²) in [6.45, 7) is 6.49. The minimum Gasteiger partial charge on any atom is -0.378 e. The van der Waals surface area contributed by atoms with Gasteiger partial charge in [0.2, 0.25) is 0 Å². The quantitative estimate of drug-likeness (QED) is 0.817. The van der Waals surface area contributed by atoms with Crippen LogP contribution in [0.2, 0.25) is 0 Å². The van der Waals surface area contributed by atoms with Crippen LogP contribution in [-0.2, 0) is 0 Å². The standard InChI is InChI=1S/C16H18BrN/c1-11-8-9-12(2)14(10-11)13(3)18-16-7-5-4-6-15(16)17/h4-10,13,18H,1-3H3. The van der Waals surface area contributed by atoms with Crippen LogP contribution in [-0.4, -0.2) is 0 Å². The molecule has 0 amide bonds. The first kappa shape index (κ1) is 13.2. The van der Waals surface area contributed by atoms with Gasteiger partial charge in [0.15, 0.2) is 0 Å². The fourth-order valence-corrected chi connectivity index (χ4v) is 2.51. The molecule has 1 nitrogen and oxygen atoms in total. The molecule has 2 aromatic rings. The molecule has 2 heteroatoms. The highest BCUT2D eigenvalue weighted by atomic mass is 79.9. The monoisotopic (exact) mass is 303 g/mol. The van der Waals surface area contributed by atoms with Gasteiger partial charge in [0, 0.05) is 16.2 Å². The van der Waals surface area contributed by atoms with Gasteiger partial charge in [-0.05, 0) is 60.0 Å². The summed E-state index contributed by atoms with van der Waals surface area (Å²) in [5, 5.41) is 3.55. The van der Waals surface area contributed by atoms with Crippen molar-refractivity contribution >= 4 is 21.6 Å². The number of aryl methyl sites for hydroxylation is 2. The first-order chi connectivity index (χ1) is 8.58. The van der Waals surface area contributed by atoms with Crippen LogP contribution in [0.25, 0.3) is 0 Å². The molecule has 1 unspecified atom stereocenters. The highest BCUT2D eigenvalue weighted by molar-refractivity contribution is 9.10. The molecule has 94 valence electrons. The van der Waals surface area contributed by atoms with E-state index in [2.05, 4.69) is 72.3 Å². The Bertz CT molecular complexity index is 549. The van der Waals surface area contributed by atoms with Crippen molar-refractivity contribution in [3.8, 4) is 0 Å². The number of hydrogen-bond donors (Lipinski definition) is 1. The van der Waals surface area contributed by atoms with E-state index in [0.717, 1.165) is 10.2 Å². The van der Waals surface area contributed by atoms with Crippen LogP contribution in [0, 0.1) is 13.8 Å². The molecule has 0 fully saturated rings. The zero-order valence-corrected chi connectivity index (χ0v) is 12.6. The molecule has 0 aliphatic heterocycles. The fraction of sp³-hybridized carbons (Fsp3) is 0.250. The lowest BCUT2D eigenvalue weighted by molar-refractivity contribution is 0.871. The minimum atomic E-state index is 0.295. The van der Waals surface area contributed by atoms with E-state index < -0.39 is 0 Å². The zero-order chi connectivity index (χ0) is 13.1. The molecule has 2 rings (SSSR count). The van der Waals surface area contributed by atoms with Gasteiger partial charge >= 0.3 is 0 Å². The molecule has 0 heterocycles. The predicted molar refractivity (Wildman–Crippen MR) is 82.1 cm³/mol. The number of halogens is 1. The van der Waals surface area contributed by atoms with Gasteiger partial charge in [0.25, 0.3) is 0 Å². The Morgan fingerprint density at radius 1 is 1.06 bits per heavy atom. The van der Waals surface area contributed by atoms with E-state index in [1.807, 2.05) is 12.1 Å². The van der Waals surface area contributed by atoms with Crippen molar-refractivity contribution in [3.05, 3.63) is 63.6 Å². The maximum Gasteiger partial charge on any atom is 0.0489 e. The Labute approximate surface area is 117 Å². The Hall–Kier alpha value is -1.28. The molecule has 0 saturated carbocycles. The smallest absolute Gasteiger partial charge is 0.0489 e. The number of nitrogens with one attached hydrogen (secondary N) is 1. The third kappa shape index (κ3) is 2.94. The van der Waals surface area contributed by atoms with Gasteiger partial charge in [-0.3, -0.25) is 0 Å². The number of anilines is 1. The molecule has 0 radical (unpaired) electrons. The molecule has 0 spiro atoms. The first-order valence-electron chi connectivity index (χ1n) is 6.16. The molecule has 0 aromatic heterocycles. The zero-order valence-electron chi connectivity index (χ0n) is 11.0. The van der Waals surface area contributed by atoms with Crippen LogP contribution in [0.3, 0.4) is 0 Å². The van der Waals surface area contributed by atoms with E-state index in [1.165, 1.54) is 16.7 Å². The van der Waals surface area contributed by atoms with Gasteiger partial charge < -0.3 is 5.32 Å². The molecule has 1 atom stereocenters. The highest BCUT2D eigenvalue weighted by Gasteiger charge is 2.09. The van der Waals surface area contributed by atoms with Crippen molar-refractivity contribution in [1.29, 1.82) is 0 Å². The van der Waals surface area contributed by atoms with Crippen molar-refractivity contribution in [3.63, 3.8) is 0 Å². The summed E-state index contributed by atoms with van der Waals surface area (Å²) in [5.74, 6) is 0. The van der Waals surface area contributed by atoms with Gasteiger partial charge in [-0.25, -0.2) is 0 Å². The van der Waals surface area contributed by atoms with E-state index in [0.29, 0.717) is 6.04 Å². The third-order valence-electron chi connectivity index (χ3n) is 3.15. The Balaban J connectivity index is 2.25. The second-order valence-electron chi connectivity index (χ2n) is 4.71. The minimum absolute atomic E-state index is 0.295. The molecular formula is C16H18BrN. The lowest BCUT2D eigenvalue weighted by Crippen LogP contribution is -2.08. The summed E-state index contributed by atoms with van der Waals surface area (Å²) in [7, 11) is 0. The second kappa shape index (κ2) is 5.57. The lowest BCUT2D eigenvalue weighted by Gasteiger charge is -2.19. The first-order valence-corrected chi connectivity index (χ1v) is 6.95. The Morgan fingerprint density at radius 3 is 2.50 bits per heavy atom. The number of hydrogen-bond acceptors (Lipinski definition) is 1. The van der Waals surface area contributed by atoms with Gasteiger partial charge in [-0.2, -0.15) is 0 Å². The molecule has 1 N–H and O–H groups in total. The Kier molecular flexibility index (Phi) is 4.07. The van der Waals surface area contributed by atoms with Crippen LogP contribution in [0.15, 0.2) is 46.9 Å². The average molecular weight is 304 g/mol. The van der Waals surface area contributed by atoms with E-state index >= 15 is 0 Å². The Morgan fingerprint density at radius 2 is 1.78 bits per heavy atom. The molecule has 0 bridgehead atoms. The van der Waals surface area contributed by atoms with Gasteiger partial charge in [0.1, 0.15) is 0 Å². The van der Waals surface area contributed by atoms with Crippen LogP contribution in [0.4, 0.5) is 5.69 Å². The molecule has 2 aromatic carbocycles. The summed E-state index contributed by atoms with van der Waals surface area (Å²) in [6.07, 6.45) is 0. The van der Waals surface area contributed by atoms with Crippen LogP contribution in [0.5, 0.6) is 0 Å². The highest BCUT2D eigenvalue weighted by Crippen LogP contribution is 2.27.